The lowest BCUT2D eigenvalue weighted by atomic mass is 9.99. The molecule has 0 radical (unpaired) electrons. The van der Waals surface area contributed by atoms with Gasteiger partial charge < -0.3 is 54.3 Å². The number of hydrogen-bond donors (Lipinski definition) is 5. The van der Waals surface area contributed by atoms with Crippen LogP contribution in [-0.2, 0) is 36.8 Å². The first kappa shape index (κ1) is 56.9. The Kier molecular flexibility index (Phi) is 29.0. The second-order valence-corrected chi connectivity index (χ2v) is 21.4. The Bertz CT molecular complexity index is 1420. The summed E-state index contributed by atoms with van der Waals surface area (Å²) in [5.74, 6) is 1.16. The number of unbranched alkanes of at least 4 members (excludes halogenated alkanes) is 6. The quantitative estimate of drug-likeness (QED) is 0.0272. The van der Waals surface area contributed by atoms with Crippen molar-refractivity contribution in [3.05, 3.63) is 0 Å². The molecule has 0 aromatic carbocycles. The Labute approximate surface area is 378 Å². The second-order valence-electron chi connectivity index (χ2n) is 15.9. The third-order valence-corrected chi connectivity index (χ3v) is 16.1. The first-order valence-electron chi connectivity index (χ1n) is 22.9. The Hall–Kier alpha value is -1.24. The molecule has 362 valence electrons. The summed E-state index contributed by atoms with van der Waals surface area (Å²) in [5, 5.41) is 22.4. The van der Waals surface area contributed by atoms with E-state index in [2.05, 4.69) is 25.8 Å². The van der Waals surface area contributed by atoms with Crippen molar-refractivity contribution in [1.82, 2.24) is 21.3 Å². The van der Waals surface area contributed by atoms with Crippen molar-refractivity contribution in [3.8, 4) is 0 Å². The Morgan fingerprint density at radius 3 is 1.44 bits per heavy atom. The summed E-state index contributed by atoms with van der Waals surface area (Å²) in [6, 6.07) is 0.521. The molecule has 10 atom stereocenters. The fraction of sp³-hybridized carbons (Fsp3) is 0.902. The minimum Gasteiger partial charge on any atom is -0.756 e. The highest BCUT2D eigenvalue weighted by Crippen LogP contribution is 2.42. The van der Waals surface area contributed by atoms with Gasteiger partial charge in [0.25, 0.3) is 15.6 Å². The Morgan fingerprint density at radius 1 is 0.629 bits per heavy atom. The van der Waals surface area contributed by atoms with Gasteiger partial charge in [0, 0.05) is 73.2 Å². The number of aliphatic hydroxyl groups is 1. The van der Waals surface area contributed by atoms with Crippen molar-refractivity contribution in [1.29, 1.82) is 0 Å². The zero-order chi connectivity index (χ0) is 46.0. The first-order chi connectivity index (χ1) is 29.8. The van der Waals surface area contributed by atoms with Crippen molar-refractivity contribution in [2.24, 2.45) is 11.8 Å². The van der Waals surface area contributed by atoms with Crippen molar-refractivity contribution in [2.75, 3.05) is 45.0 Å². The summed E-state index contributed by atoms with van der Waals surface area (Å²) < 4.78 is 43.8. The number of aliphatic hydroxyl groups excluding tert-OH is 1. The van der Waals surface area contributed by atoms with Crippen molar-refractivity contribution < 1.29 is 61.3 Å². The number of Topliss-reactive ketones (excluding diaryl/α,β-unsaturated/α-hetero) is 2. The molecule has 4 heterocycles. The number of rotatable bonds is 33. The van der Waals surface area contributed by atoms with Gasteiger partial charge in [0.2, 0.25) is 0 Å². The maximum absolute atomic E-state index is 12.6. The Morgan fingerprint density at radius 2 is 1.02 bits per heavy atom. The van der Waals surface area contributed by atoms with Crippen molar-refractivity contribution in [3.63, 3.8) is 0 Å². The van der Waals surface area contributed by atoms with Crippen molar-refractivity contribution in [2.45, 2.75) is 178 Å². The van der Waals surface area contributed by atoms with Crippen LogP contribution >= 0.6 is 39.2 Å². The van der Waals surface area contributed by atoms with Gasteiger partial charge in [-0.25, -0.2) is 9.59 Å². The Balaban J connectivity index is 0.00000321. The van der Waals surface area contributed by atoms with Gasteiger partial charge in [-0.3, -0.25) is 18.7 Å². The fourth-order valence-electron chi connectivity index (χ4n) is 7.86. The maximum Gasteiger partial charge on any atom is 0.315 e. The number of carbonyl (C=O) groups is 4. The molecule has 5 N–H and O–H groups in total. The first-order valence-corrected chi connectivity index (χ1v) is 27.9. The predicted molar refractivity (Wildman–Crippen MR) is 241 cm³/mol. The molecule has 0 spiro atoms. The van der Waals surface area contributed by atoms with Crippen LogP contribution in [0.2, 0.25) is 0 Å². The molecule has 0 aromatic rings. The molecule has 21 heteroatoms. The topological polar surface area (TPSA) is 254 Å². The molecule has 4 saturated heterocycles. The van der Waals surface area contributed by atoms with Crippen LogP contribution in [0.5, 0.6) is 0 Å². The molecule has 0 aliphatic carbocycles. The highest BCUT2D eigenvalue weighted by molar-refractivity contribution is 8.00. The lowest BCUT2D eigenvalue weighted by molar-refractivity contribution is -0.229. The highest BCUT2D eigenvalue weighted by atomic mass is 32.2. The van der Waals surface area contributed by atoms with E-state index in [1.807, 2.05) is 51.2 Å². The van der Waals surface area contributed by atoms with E-state index in [0.717, 1.165) is 63.6 Å². The fourth-order valence-corrected chi connectivity index (χ4v) is 12.3. The van der Waals surface area contributed by atoms with E-state index in [-0.39, 0.29) is 74.2 Å². The van der Waals surface area contributed by atoms with Crippen LogP contribution in [0.15, 0.2) is 0 Å². The van der Waals surface area contributed by atoms with Crippen LogP contribution in [-0.4, -0.2) is 108 Å². The molecule has 4 amide bonds. The number of ketones is 2. The number of amides is 4. The van der Waals surface area contributed by atoms with E-state index < -0.39 is 27.5 Å². The van der Waals surface area contributed by atoms with E-state index in [4.69, 9.17) is 13.6 Å². The molecule has 0 saturated carbocycles. The van der Waals surface area contributed by atoms with E-state index in [9.17, 15) is 43.2 Å². The monoisotopic (exact) mass is 958 g/mol. The maximum atomic E-state index is 12.6. The lowest BCUT2D eigenvalue weighted by Gasteiger charge is -2.28. The molecule has 4 aliphatic heterocycles. The minimum absolute atomic E-state index is 0.0953. The summed E-state index contributed by atoms with van der Waals surface area (Å²) in [5.41, 5.74) is 0. The number of carbonyl (C=O) groups excluding carboxylic acids is 4. The molecule has 0 bridgehead atoms. The number of thioether (sulfide) groups is 2. The summed E-state index contributed by atoms with van der Waals surface area (Å²) in [6.07, 6.45) is 12.3. The average molecular weight is 959 g/mol. The number of nitrogens with one attached hydrogen (secondary N) is 4. The summed E-state index contributed by atoms with van der Waals surface area (Å²) in [6.45, 7) is 6.71. The third-order valence-electron chi connectivity index (χ3n) is 11.3. The third kappa shape index (κ3) is 22.3. The van der Waals surface area contributed by atoms with Crippen molar-refractivity contribution >= 4 is 62.8 Å². The highest BCUT2D eigenvalue weighted by Gasteiger charge is 2.43. The van der Waals surface area contributed by atoms with Crippen LogP contribution in [0.3, 0.4) is 0 Å². The standard InChI is InChI=1S/C37H66N4O13P2S2.2C2H6/c1-51-55(47,48)52-22-27(13-5-3-7-15-29(44)17-9-11-19-33-35-31(25-58-33)39-37(46)41-35)23-54-56(49,50)53-21-26(20-42)12-4-2-6-14-28(43)16-8-10-18-32-34-30(24-57-32)38-36(45)40-34;2*1-2/h26-27,30-35,42H,2-25H2,1H3,(H,47,48)(H,49,50)(H2,38,40,45)(H2,39,41,46);2*1-2H3/p-2. The number of phosphoric ester groups is 2. The normalized spacial score (nSPS) is 25.2. The number of phosphoric acid groups is 2. The number of hydrogen-bond acceptors (Lipinski definition) is 15. The lowest BCUT2D eigenvalue weighted by Crippen LogP contribution is -2.36. The van der Waals surface area contributed by atoms with E-state index >= 15 is 0 Å². The van der Waals surface area contributed by atoms with Gasteiger partial charge in [-0.15, -0.1) is 0 Å². The zero-order valence-electron chi connectivity index (χ0n) is 37.6. The molecular formula is C41H76N4O13P2S2-2. The molecule has 10 unspecified atom stereocenters. The van der Waals surface area contributed by atoms with Crippen LogP contribution in [0.4, 0.5) is 9.59 Å². The van der Waals surface area contributed by atoms with Crippen LogP contribution in [0, 0.1) is 11.8 Å². The smallest absolute Gasteiger partial charge is 0.315 e. The van der Waals surface area contributed by atoms with E-state index in [1.54, 1.807) is 0 Å². The number of fused-ring (bicyclic) bond motifs is 2. The van der Waals surface area contributed by atoms with Crippen LogP contribution < -0.4 is 31.1 Å². The molecule has 4 aliphatic rings. The van der Waals surface area contributed by atoms with Crippen LogP contribution in [0.25, 0.3) is 0 Å². The second kappa shape index (κ2) is 31.6. The van der Waals surface area contributed by atoms with Gasteiger partial charge in [-0.05, 0) is 51.4 Å². The predicted octanol–water partition coefficient (Wildman–Crippen LogP) is 6.39. The van der Waals surface area contributed by atoms with Gasteiger partial charge in [0.1, 0.15) is 11.6 Å². The van der Waals surface area contributed by atoms with E-state index in [1.165, 1.54) is 0 Å². The summed E-state index contributed by atoms with van der Waals surface area (Å²) in [4.78, 5) is 72.3. The molecular weight excluding hydrogens is 883 g/mol. The molecule has 0 aromatic heterocycles. The van der Waals surface area contributed by atoms with Gasteiger partial charge in [0.15, 0.2) is 0 Å². The van der Waals surface area contributed by atoms with Gasteiger partial charge in [-0.2, -0.15) is 23.5 Å². The van der Waals surface area contributed by atoms with Crippen LogP contribution in [0.1, 0.15) is 143 Å². The summed E-state index contributed by atoms with van der Waals surface area (Å²) in [7, 11) is -8.38. The molecule has 4 fully saturated rings. The minimum atomic E-state index is -4.79. The van der Waals surface area contributed by atoms with Gasteiger partial charge in [-0.1, -0.05) is 66.2 Å². The largest absolute Gasteiger partial charge is 0.756 e. The average Bonchev–Trinajstić information content (AvgIpc) is 4.03. The molecule has 4 rings (SSSR count). The number of urea groups is 2. The van der Waals surface area contributed by atoms with E-state index in [0.29, 0.717) is 81.1 Å². The molecule has 62 heavy (non-hydrogen) atoms. The molecule has 17 nitrogen and oxygen atoms in total. The zero-order valence-corrected chi connectivity index (χ0v) is 41.1. The van der Waals surface area contributed by atoms with Gasteiger partial charge >= 0.3 is 12.1 Å². The SMILES string of the molecule is CC.CC.COP(=O)([O-])OCC(CCCCCC(=O)CCCCC1SCC2NC(=O)NC21)COP(=O)([O-])OCC(CO)CCCCCC(=O)CCCCC1SCC2NC(=O)NC21. The van der Waals surface area contributed by atoms with Gasteiger partial charge in [0.05, 0.1) is 44.0 Å². The summed E-state index contributed by atoms with van der Waals surface area (Å²) >= 11 is 3.73.